The van der Waals surface area contributed by atoms with E-state index in [0.717, 1.165) is 50.5 Å². The molecule has 1 aromatic heterocycles. The number of carbonyl (C=O) groups excluding carboxylic acids is 1. The van der Waals surface area contributed by atoms with Gasteiger partial charge in [-0.2, -0.15) is 0 Å². The number of hydrogen-bond donors (Lipinski definition) is 0. The van der Waals surface area contributed by atoms with Crippen molar-refractivity contribution in [1.29, 1.82) is 0 Å². The van der Waals surface area contributed by atoms with E-state index in [9.17, 15) is 4.79 Å². The van der Waals surface area contributed by atoms with Crippen LogP contribution in [0.1, 0.15) is 50.6 Å². The minimum atomic E-state index is 0.146. The first-order valence-electron chi connectivity index (χ1n) is 11.1. The zero-order valence-corrected chi connectivity index (χ0v) is 17.3. The zero-order chi connectivity index (χ0) is 19.5. The molecule has 4 heterocycles. The predicted molar refractivity (Wildman–Crippen MR) is 110 cm³/mol. The van der Waals surface area contributed by atoms with Crippen LogP contribution in [0, 0.1) is 17.8 Å². The summed E-state index contributed by atoms with van der Waals surface area (Å²) in [6.07, 6.45) is 14.1. The van der Waals surface area contributed by atoms with E-state index in [0.29, 0.717) is 18.5 Å². The number of rotatable bonds is 7. The van der Waals surface area contributed by atoms with Gasteiger partial charge in [-0.1, -0.05) is 43.4 Å². The first kappa shape index (κ1) is 19.6. The van der Waals surface area contributed by atoms with Gasteiger partial charge >= 0.3 is 0 Å². The van der Waals surface area contributed by atoms with Gasteiger partial charge in [0, 0.05) is 32.4 Å². The summed E-state index contributed by atoms with van der Waals surface area (Å²) in [5.74, 6) is 1.73. The monoisotopic (exact) mass is 385 g/mol. The highest BCUT2D eigenvalue weighted by atomic mass is 16.2. The number of likely N-dealkylation sites (N-methyl/N-ethyl adjacent to an activating group) is 1. The maximum absolute atomic E-state index is 12.8. The van der Waals surface area contributed by atoms with Gasteiger partial charge in [-0.15, -0.1) is 11.7 Å². The van der Waals surface area contributed by atoms with Crippen LogP contribution in [0.15, 0.2) is 18.9 Å². The van der Waals surface area contributed by atoms with E-state index >= 15 is 0 Å². The first-order chi connectivity index (χ1) is 13.6. The lowest BCUT2D eigenvalue weighted by atomic mass is 9.75. The molecule has 6 heteroatoms. The highest BCUT2D eigenvalue weighted by Gasteiger charge is 2.44. The summed E-state index contributed by atoms with van der Waals surface area (Å²) in [7, 11) is 1.89. The summed E-state index contributed by atoms with van der Waals surface area (Å²) in [6, 6.07) is 0.483. The van der Waals surface area contributed by atoms with Crippen LogP contribution in [0.2, 0.25) is 0 Å². The van der Waals surface area contributed by atoms with Crippen molar-refractivity contribution < 1.29 is 4.79 Å². The van der Waals surface area contributed by atoms with Crippen LogP contribution in [0.4, 0.5) is 0 Å². The van der Waals surface area contributed by atoms with Gasteiger partial charge in [-0.25, -0.2) is 0 Å². The summed E-state index contributed by atoms with van der Waals surface area (Å²) in [4.78, 5) is 17.1. The SMILES string of the molecule is C=CCN(C)C(=O)[C@@H]1CN2CC[C@@H]1C[C@@H]2Cn1cc(CC2CCCCC2)nn1. The number of nitrogens with zero attached hydrogens (tertiary/aromatic N) is 5. The lowest BCUT2D eigenvalue weighted by Gasteiger charge is -2.49. The Bertz CT molecular complexity index is 680. The molecule has 4 aliphatic rings. The van der Waals surface area contributed by atoms with Gasteiger partial charge in [0.2, 0.25) is 5.91 Å². The molecule has 0 N–H and O–H groups in total. The van der Waals surface area contributed by atoms with Crippen LogP contribution < -0.4 is 0 Å². The van der Waals surface area contributed by atoms with Crippen LogP contribution in [0.5, 0.6) is 0 Å². The summed E-state index contributed by atoms with van der Waals surface area (Å²) >= 11 is 0. The zero-order valence-electron chi connectivity index (χ0n) is 17.3. The Labute approximate surface area is 168 Å². The molecular formula is C22H35N5O. The number of fused-ring (bicyclic) bond motifs is 3. The molecule has 6 nitrogen and oxygen atoms in total. The van der Waals surface area contributed by atoms with Crippen molar-refractivity contribution in [3.63, 3.8) is 0 Å². The van der Waals surface area contributed by atoms with Crippen molar-refractivity contribution >= 4 is 5.91 Å². The maximum atomic E-state index is 12.8. The largest absolute Gasteiger partial charge is 0.342 e. The average molecular weight is 386 g/mol. The third-order valence-electron chi connectivity index (χ3n) is 7.18. The second-order valence-electron chi connectivity index (χ2n) is 9.19. The van der Waals surface area contributed by atoms with Crippen LogP contribution in [-0.4, -0.2) is 63.4 Å². The number of aromatic nitrogens is 3. The highest BCUT2D eigenvalue weighted by molar-refractivity contribution is 5.79. The number of hydrogen-bond acceptors (Lipinski definition) is 4. The Morgan fingerprint density at radius 1 is 1.32 bits per heavy atom. The van der Waals surface area contributed by atoms with Crippen LogP contribution in [-0.2, 0) is 17.8 Å². The normalized spacial score (nSPS) is 30.3. The second-order valence-corrected chi connectivity index (χ2v) is 9.19. The molecule has 0 radical (unpaired) electrons. The Morgan fingerprint density at radius 2 is 2.14 bits per heavy atom. The van der Waals surface area contributed by atoms with Crippen molar-refractivity contribution in [2.45, 2.75) is 64.0 Å². The smallest absolute Gasteiger partial charge is 0.227 e. The molecule has 1 unspecified atom stereocenters. The molecule has 1 saturated carbocycles. The summed E-state index contributed by atoms with van der Waals surface area (Å²) in [5, 5.41) is 8.87. The van der Waals surface area contributed by atoms with Crippen molar-refractivity contribution in [3.05, 3.63) is 24.5 Å². The van der Waals surface area contributed by atoms with Crippen molar-refractivity contribution in [2.24, 2.45) is 17.8 Å². The van der Waals surface area contributed by atoms with Gasteiger partial charge in [0.15, 0.2) is 0 Å². The molecule has 4 atom stereocenters. The standard InChI is InChI=1S/C22H35N5O/c1-3-10-25(2)22(28)21-16-26-11-9-18(21)13-20(26)15-27-14-19(23-24-27)12-17-7-5-4-6-8-17/h3,14,17-18,20-21H,1,4-13,15-16H2,2H3/t18-,20-,21-/m1/s1. The van der Waals surface area contributed by atoms with E-state index in [2.05, 4.69) is 28.0 Å². The molecular weight excluding hydrogens is 350 g/mol. The molecule has 5 rings (SSSR count). The molecule has 1 amide bonds. The fraction of sp³-hybridized carbons (Fsp3) is 0.773. The average Bonchev–Trinajstić information content (AvgIpc) is 3.15. The van der Waals surface area contributed by atoms with Gasteiger partial charge in [0.1, 0.15) is 0 Å². The lowest BCUT2D eigenvalue weighted by molar-refractivity contribution is -0.142. The molecule has 3 aliphatic heterocycles. The molecule has 28 heavy (non-hydrogen) atoms. The van der Waals surface area contributed by atoms with E-state index in [4.69, 9.17) is 0 Å². The summed E-state index contributed by atoms with van der Waals surface area (Å²) < 4.78 is 2.05. The molecule has 0 aromatic carbocycles. The molecule has 1 aromatic rings. The van der Waals surface area contributed by atoms with E-state index < -0.39 is 0 Å². The molecule has 2 bridgehead atoms. The number of piperidine rings is 3. The minimum Gasteiger partial charge on any atom is -0.342 e. The third-order valence-corrected chi connectivity index (χ3v) is 7.18. The Hall–Kier alpha value is -1.69. The van der Waals surface area contributed by atoms with E-state index in [1.165, 1.54) is 32.1 Å². The quantitative estimate of drug-likeness (QED) is 0.677. The number of carbonyl (C=O) groups is 1. The highest BCUT2D eigenvalue weighted by Crippen LogP contribution is 2.37. The van der Waals surface area contributed by atoms with Gasteiger partial charge in [-0.05, 0) is 37.6 Å². The number of amides is 1. The molecule has 0 spiro atoms. The fourth-order valence-corrected chi connectivity index (χ4v) is 5.60. The van der Waals surface area contributed by atoms with Gasteiger partial charge in [0.25, 0.3) is 0 Å². The lowest BCUT2D eigenvalue weighted by Crippen LogP contribution is -2.58. The van der Waals surface area contributed by atoms with E-state index in [1.54, 1.807) is 6.08 Å². The molecule has 4 fully saturated rings. The molecule has 1 aliphatic carbocycles. The van der Waals surface area contributed by atoms with Gasteiger partial charge in [-0.3, -0.25) is 14.4 Å². The predicted octanol–water partition coefficient (Wildman–Crippen LogP) is 2.76. The van der Waals surface area contributed by atoms with Gasteiger partial charge in [0.05, 0.1) is 18.2 Å². The van der Waals surface area contributed by atoms with E-state index in [-0.39, 0.29) is 11.8 Å². The van der Waals surface area contributed by atoms with Crippen molar-refractivity contribution in [1.82, 2.24) is 24.8 Å². The minimum absolute atomic E-state index is 0.146. The Kier molecular flexibility index (Phi) is 6.14. The van der Waals surface area contributed by atoms with Crippen molar-refractivity contribution in [2.75, 3.05) is 26.7 Å². The van der Waals surface area contributed by atoms with Crippen molar-refractivity contribution in [3.8, 4) is 0 Å². The Morgan fingerprint density at radius 3 is 2.86 bits per heavy atom. The summed E-state index contributed by atoms with van der Waals surface area (Å²) in [5.41, 5.74) is 1.15. The van der Waals surface area contributed by atoms with Crippen LogP contribution in [0.25, 0.3) is 0 Å². The molecule has 3 saturated heterocycles. The second kappa shape index (κ2) is 8.76. The van der Waals surface area contributed by atoms with Crippen LogP contribution in [0.3, 0.4) is 0 Å². The fourth-order valence-electron chi connectivity index (χ4n) is 5.60. The first-order valence-corrected chi connectivity index (χ1v) is 11.1. The molecule has 154 valence electrons. The van der Waals surface area contributed by atoms with Crippen LogP contribution >= 0.6 is 0 Å². The van der Waals surface area contributed by atoms with E-state index in [1.807, 2.05) is 16.6 Å². The maximum Gasteiger partial charge on any atom is 0.227 e. The summed E-state index contributed by atoms with van der Waals surface area (Å²) in [6.45, 7) is 7.28. The third kappa shape index (κ3) is 4.32. The Balaban J connectivity index is 1.32. The van der Waals surface area contributed by atoms with Gasteiger partial charge < -0.3 is 4.90 Å². The topological polar surface area (TPSA) is 54.3 Å².